The fourth-order valence-electron chi connectivity index (χ4n) is 1.87. The summed E-state index contributed by atoms with van der Waals surface area (Å²) in [4.78, 5) is 0. The number of nitrogens with two attached hydrogens (primary N) is 1. The fraction of sp³-hybridized carbons (Fsp3) is 0.250. The Morgan fingerprint density at radius 3 is 2.50 bits per heavy atom. The number of aryl methyl sites for hydroxylation is 1. The van der Waals surface area contributed by atoms with Gasteiger partial charge >= 0.3 is 0 Å². The Balaban J connectivity index is 2.21. The minimum absolute atomic E-state index is 0.164. The molecule has 0 saturated carbocycles. The summed E-state index contributed by atoms with van der Waals surface area (Å²) in [6.07, 6.45) is 0.866. The largest absolute Gasteiger partial charge is 0.457 e. The minimum Gasteiger partial charge on any atom is -0.457 e. The lowest BCUT2D eigenvalue weighted by Gasteiger charge is -2.11. The van der Waals surface area contributed by atoms with Gasteiger partial charge in [-0.1, -0.05) is 30.3 Å². The van der Waals surface area contributed by atoms with Crippen molar-refractivity contribution in [3.63, 3.8) is 0 Å². The van der Waals surface area contributed by atoms with Crippen LogP contribution in [-0.4, -0.2) is 6.04 Å². The summed E-state index contributed by atoms with van der Waals surface area (Å²) in [5.74, 6) is 1.76. The van der Waals surface area contributed by atoms with Crippen LogP contribution in [0.2, 0.25) is 0 Å². The van der Waals surface area contributed by atoms with Crippen LogP contribution in [-0.2, 0) is 6.42 Å². The normalized spacial score (nSPS) is 12.2. The van der Waals surface area contributed by atoms with E-state index in [-0.39, 0.29) is 6.04 Å². The first-order valence-electron chi connectivity index (χ1n) is 6.23. The van der Waals surface area contributed by atoms with Crippen molar-refractivity contribution in [3.05, 3.63) is 59.7 Å². The molecule has 2 heteroatoms. The van der Waals surface area contributed by atoms with Crippen molar-refractivity contribution in [3.8, 4) is 11.5 Å². The molecule has 2 N–H and O–H groups in total. The molecule has 94 valence electrons. The Labute approximate surface area is 108 Å². The van der Waals surface area contributed by atoms with E-state index in [1.165, 1.54) is 5.56 Å². The van der Waals surface area contributed by atoms with Crippen LogP contribution in [0.15, 0.2) is 48.5 Å². The zero-order valence-corrected chi connectivity index (χ0v) is 10.9. The smallest absolute Gasteiger partial charge is 0.130 e. The molecule has 1 unspecified atom stereocenters. The van der Waals surface area contributed by atoms with Crippen LogP contribution < -0.4 is 10.5 Å². The lowest BCUT2D eigenvalue weighted by molar-refractivity contribution is 0.478. The van der Waals surface area contributed by atoms with Gasteiger partial charge < -0.3 is 10.5 Å². The van der Waals surface area contributed by atoms with Crippen molar-refractivity contribution < 1.29 is 4.74 Å². The highest BCUT2D eigenvalue weighted by Gasteiger charge is 2.04. The molecule has 0 radical (unpaired) electrons. The lowest BCUT2D eigenvalue weighted by atomic mass is 10.1. The molecule has 2 rings (SSSR count). The summed E-state index contributed by atoms with van der Waals surface area (Å²) in [6.45, 7) is 4.06. The zero-order chi connectivity index (χ0) is 13.0. The average molecular weight is 241 g/mol. The topological polar surface area (TPSA) is 35.2 Å². The highest BCUT2D eigenvalue weighted by Crippen LogP contribution is 2.26. The second kappa shape index (κ2) is 5.69. The highest BCUT2D eigenvalue weighted by molar-refractivity contribution is 5.40. The molecule has 2 aromatic rings. The molecule has 0 aromatic heterocycles. The summed E-state index contributed by atoms with van der Waals surface area (Å²) < 4.78 is 5.89. The second-order valence-electron chi connectivity index (χ2n) is 4.70. The summed E-state index contributed by atoms with van der Waals surface area (Å²) in [5.41, 5.74) is 8.17. The monoisotopic (exact) mass is 241 g/mol. The van der Waals surface area contributed by atoms with Crippen LogP contribution >= 0.6 is 0 Å². The van der Waals surface area contributed by atoms with Crippen molar-refractivity contribution in [1.82, 2.24) is 0 Å². The van der Waals surface area contributed by atoms with Crippen molar-refractivity contribution in [1.29, 1.82) is 0 Å². The average Bonchev–Trinajstić information content (AvgIpc) is 2.34. The van der Waals surface area contributed by atoms with Gasteiger partial charge in [-0.25, -0.2) is 0 Å². The maximum atomic E-state index is 5.89. The van der Waals surface area contributed by atoms with Gasteiger partial charge in [-0.15, -0.1) is 0 Å². The van der Waals surface area contributed by atoms with Crippen molar-refractivity contribution in [2.24, 2.45) is 5.73 Å². The molecular weight excluding hydrogens is 222 g/mol. The van der Waals surface area contributed by atoms with E-state index in [0.717, 1.165) is 23.5 Å². The molecular formula is C16H19NO. The van der Waals surface area contributed by atoms with Gasteiger partial charge in [0, 0.05) is 6.04 Å². The van der Waals surface area contributed by atoms with E-state index in [4.69, 9.17) is 10.5 Å². The highest BCUT2D eigenvalue weighted by atomic mass is 16.5. The quantitative estimate of drug-likeness (QED) is 0.886. The summed E-state index contributed by atoms with van der Waals surface area (Å²) in [7, 11) is 0. The van der Waals surface area contributed by atoms with Gasteiger partial charge in [-0.2, -0.15) is 0 Å². The van der Waals surface area contributed by atoms with E-state index in [1.807, 2.05) is 44.2 Å². The summed E-state index contributed by atoms with van der Waals surface area (Å²) >= 11 is 0. The number of para-hydroxylation sites is 1. The van der Waals surface area contributed by atoms with Gasteiger partial charge in [0.05, 0.1) is 0 Å². The van der Waals surface area contributed by atoms with Gasteiger partial charge in [0.1, 0.15) is 11.5 Å². The second-order valence-corrected chi connectivity index (χ2v) is 4.70. The van der Waals surface area contributed by atoms with Crippen LogP contribution in [0.4, 0.5) is 0 Å². The Bertz CT molecular complexity index is 506. The molecule has 2 nitrogen and oxygen atoms in total. The maximum absolute atomic E-state index is 5.89. The van der Waals surface area contributed by atoms with E-state index in [2.05, 4.69) is 18.2 Å². The molecule has 0 aliphatic heterocycles. The van der Waals surface area contributed by atoms with Crippen LogP contribution in [0, 0.1) is 6.92 Å². The molecule has 0 bridgehead atoms. The van der Waals surface area contributed by atoms with Crippen molar-refractivity contribution >= 4 is 0 Å². The van der Waals surface area contributed by atoms with Gasteiger partial charge in [0.2, 0.25) is 0 Å². The van der Waals surface area contributed by atoms with Crippen LogP contribution in [0.3, 0.4) is 0 Å². The van der Waals surface area contributed by atoms with Gasteiger partial charge in [0.25, 0.3) is 0 Å². The third kappa shape index (κ3) is 3.34. The Morgan fingerprint density at radius 1 is 1.11 bits per heavy atom. The van der Waals surface area contributed by atoms with E-state index < -0.39 is 0 Å². The van der Waals surface area contributed by atoms with Gasteiger partial charge in [-0.05, 0) is 49.6 Å². The predicted molar refractivity (Wildman–Crippen MR) is 75.0 cm³/mol. The number of rotatable bonds is 4. The molecule has 0 saturated heterocycles. The molecule has 2 aromatic carbocycles. The maximum Gasteiger partial charge on any atom is 0.130 e. The SMILES string of the molecule is Cc1ccc(CC(C)N)cc1Oc1ccccc1. The number of ether oxygens (including phenoxy) is 1. The Kier molecular flexibility index (Phi) is 4.00. The standard InChI is InChI=1S/C16H19NO/c1-12-8-9-14(10-13(2)17)11-16(12)18-15-6-4-3-5-7-15/h3-9,11,13H,10,17H2,1-2H3. The molecule has 18 heavy (non-hydrogen) atoms. The van der Waals surface area contributed by atoms with Crippen molar-refractivity contribution in [2.45, 2.75) is 26.3 Å². The first-order valence-corrected chi connectivity index (χ1v) is 6.23. The van der Waals surface area contributed by atoms with Gasteiger partial charge in [-0.3, -0.25) is 0 Å². The summed E-state index contributed by atoms with van der Waals surface area (Å²) in [5, 5.41) is 0. The first kappa shape index (κ1) is 12.7. The fourth-order valence-corrected chi connectivity index (χ4v) is 1.87. The lowest BCUT2D eigenvalue weighted by Crippen LogP contribution is -2.17. The molecule has 0 amide bonds. The van der Waals surface area contributed by atoms with E-state index in [9.17, 15) is 0 Å². The molecule has 0 heterocycles. The number of benzene rings is 2. The van der Waals surface area contributed by atoms with E-state index in [1.54, 1.807) is 0 Å². The third-order valence-corrected chi connectivity index (χ3v) is 2.78. The minimum atomic E-state index is 0.164. The zero-order valence-electron chi connectivity index (χ0n) is 10.9. The first-order chi connectivity index (χ1) is 8.65. The number of hydrogen-bond donors (Lipinski definition) is 1. The Hall–Kier alpha value is -1.80. The predicted octanol–water partition coefficient (Wildman–Crippen LogP) is 3.68. The van der Waals surface area contributed by atoms with E-state index in [0.29, 0.717) is 0 Å². The van der Waals surface area contributed by atoms with Crippen LogP contribution in [0.25, 0.3) is 0 Å². The van der Waals surface area contributed by atoms with Crippen molar-refractivity contribution in [2.75, 3.05) is 0 Å². The molecule has 1 atom stereocenters. The molecule has 0 aliphatic rings. The van der Waals surface area contributed by atoms with E-state index >= 15 is 0 Å². The van der Waals surface area contributed by atoms with Crippen LogP contribution in [0.5, 0.6) is 11.5 Å². The summed E-state index contributed by atoms with van der Waals surface area (Å²) in [6, 6.07) is 16.3. The van der Waals surface area contributed by atoms with Crippen LogP contribution in [0.1, 0.15) is 18.1 Å². The Morgan fingerprint density at radius 2 is 1.83 bits per heavy atom. The third-order valence-electron chi connectivity index (χ3n) is 2.78. The molecule has 0 spiro atoms. The molecule has 0 fully saturated rings. The van der Waals surface area contributed by atoms with Gasteiger partial charge in [0.15, 0.2) is 0 Å². The molecule has 0 aliphatic carbocycles. The number of hydrogen-bond acceptors (Lipinski definition) is 2.